The van der Waals surface area contributed by atoms with E-state index < -0.39 is 0 Å². The van der Waals surface area contributed by atoms with Gasteiger partial charge in [0.1, 0.15) is 0 Å². The number of hydrogen-bond donors (Lipinski definition) is 0. The van der Waals surface area contributed by atoms with Gasteiger partial charge in [-0.25, -0.2) is 9.97 Å². The van der Waals surface area contributed by atoms with Crippen LogP contribution in [-0.4, -0.2) is 19.1 Å². The molecule has 0 amide bonds. The molecule has 0 bridgehead atoms. The number of benzene rings is 13. The molecule has 3 heterocycles. The quantitative estimate of drug-likeness (QED) is 0.149. The van der Waals surface area contributed by atoms with Crippen LogP contribution >= 0.6 is 0 Å². The first-order valence-corrected chi connectivity index (χ1v) is 27.1. The Kier molecular flexibility index (Phi) is 9.97. The van der Waals surface area contributed by atoms with E-state index in [1.807, 2.05) is 6.08 Å². The summed E-state index contributed by atoms with van der Waals surface area (Å²) in [6, 6.07) is 88.6. The van der Waals surface area contributed by atoms with Gasteiger partial charge in [-0.3, -0.25) is 4.57 Å². The summed E-state index contributed by atoms with van der Waals surface area (Å²) in [4.78, 5) is 11.3. The minimum Gasteiger partial charge on any atom is -0.309 e. The Morgan fingerprint density at radius 2 is 0.759 bits per heavy atom. The maximum atomic E-state index is 5.64. The molecular weight excluding hydrogens is 957 g/mol. The topological polar surface area (TPSA) is 35.6 Å². The molecule has 0 atom stereocenters. The summed E-state index contributed by atoms with van der Waals surface area (Å²) in [5, 5.41) is 19.0. The second kappa shape index (κ2) is 17.6. The van der Waals surface area contributed by atoms with Gasteiger partial charge in [-0.2, -0.15) is 0 Å². The van der Waals surface area contributed by atoms with Crippen LogP contribution in [0.4, 0.5) is 0 Å². The van der Waals surface area contributed by atoms with Crippen LogP contribution in [0.2, 0.25) is 0 Å². The van der Waals surface area contributed by atoms with Crippen molar-refractivity contribution in [1.29, 1.82) is 0 Å². The molecule has 0 saturated carbocycles. The molecule has 16 aromatic rings. The Labute approximate surface area is 455 Å². The van der Waals surface area contributed by atoms with E-state index in [0.717, 1.165) is 83.0 Å². The zero-order chi connectivity index (χ0) is 52.3. The molecule has 0 aliphatic carbocycles. The molecule has 0 fully saturated rings. The number of fused-ring (bicyclic) bond motifs is 15. The van der Waals surface area contributed by atoms with E-state index in [0.29, 0.717) is 5.95 Å². The highest BCUT2D eigenvalue weighted by Crippen LogP contribution is 2.43. The lowest BCUT2D eigenvalue weighted by Gasteiger charge is -2.16. The van der Waals surface area contributed by atoms with Gasteiger partial charge in [-0.1, -0.05) is 201 Å². The molecule has 0 radical (unpaired) electrons. The van der Waals surface area contributed by atoms with Crippen molar-refractivity contribution in [2.45, 2.75) is 6.92 Å². The second-order valence-corrected chi connectivity index (χ2v) is 20.8. The maximum Gasteiger partial charge on any atom is 0.235 e. The predicted molar refractivity (Wildman–Crippen MR) is 337 cm³/mol. The van der Waals surface area contributed by atoms with Crippen molar-refractivity contribution < 1.29 is 0 Å². The van der Waals surface area contributed by atoms with Gasteiger partial charge < -0.3 is 4.57 Å². The number of nitrogens with zero attached hydrogens (tertiary/aromatic N) is 4. The largest absolute Gasteiger partial charge is 0.309 e. The highest BCUT2D eigenvalue weighted by molar-refractivity contribution is 6.18. The van der Waals surface area contributed by atoms with Crippen molar-refractivity contribution in [2.24, 2.45) is 0 Å². The van der Waals surface area contributed by atoms with E-state index in [4.69, 9.17) is 9.97 Å². The summed E-state index contributed by atoms with van der Waals surface area (Å²) in [6.45, 7) is 6.32. The van der Waals surface area contributed by atoms with Crippen molar-refractivity contribution >= 4 is 120 Å². The SMILES string of the molecule is C=Cc1c(/C=C\C)c2ccc(-n3c4ccccc4c4cc(-c5ccc6c(c5)c5ccccc5n6-c5nc(-c6cc7ccccc7c7ccccc67)cc(-c6cc7ccccc7c7ccccc67)n5)ccc43)cc2c2ccccc12. The number of allylic oxidation sites excluding steroid dienone is 1. The van der Waals surface area contributed by atoms with Crippen molar-refractivity contribution in [1.82, 2.24) is 19.1 Å². The van der Waals surface area contributed by atoms with E-state index in [-0.39, 0.29) is 0 Å². The number of hydrogen-bond acceptors (Lipinski definition) is 2. The van der Waals surface area contributed by atoms with Crippen LogP contribution in [0.25, 0.3) is 166 Å². The molecule has 0 spiro atoms. The number of rotatable bonds is 7. The molecule has 79 heavy (non-hydrogen) atoms. The van der Waals surface area contributed by atoms with E-state index in [9.17, 15) is 0 Å². The molecule has 368 valence electrons. The Morgan fingerprint density at radius 1 is 0.329 bits per heavy atom. The van der Waals surface area contributed by atoms with Crippen LogP contribution in [0, 0.1) is 0 Å². The van der Waals surface area contributed by atoms with Crippen LogP contribution in [0.15, 0.2) is 255 Å². The third-order valence-electron chi connectivity index (χ3n) is 16.6. The third-order valence-corrected chi connectivity index (χ3v) is 16.6. The standard InChI is InChI=1S/C75H48N4/c1-3-19-54-51(4-2)55-24-9-12-27-58(55)64-44-50(36-37-61(54)64)78-71-32-17-15-30-62(71)67-40-46(34-38-73(67)78)47-35-39-74-68(41-47)63-31-16-18-33-72(63)79(74)75-76-69(65-42-48-20-5-7-22-52(48)56-25-10-13-28-59(56)65)45-70(77-75)66-43-49-21-6-8-23-53(49)57-26-11-14-29-60(57)66/h3-45H,2H2,1H3/b19-3-. The molecule has 0 aliphatic heterocycles. The average molecular weight is 1010 g/mol. The summed E-state index contributed by atoms with van der Waals surface area (Å²) < 4.78 is 4.71. The van der Waals surface area contributed by atoms with Crippen molar-refractivity contribution in [3.8, 4) is 45.3 Å². The fourth-order valence-corrected chi connectivity index (χ4v) is 13.1. The minimum atomic E-state index is 0.621. The molecule has 4 heteroatoms. The van der Waals surface area contributed by atoms with Crippen LogP contribution in [0.5, 0.6) is 0 Å². The van der Waals surface area contributed by atoms with Crippen LogP contribution in [0.3, 0.4) is 0 Å². The van der Waals surface area contributed by atoms with Crippen molar-refractivity contribution in [3.63, 3.8) is 0 Å². The van der Waals surface area contributed by atoms with Gasteiger partial charge in [0.25, 0.3) is 0 Å². The normalized spacial score (nSPS) is 12.1. The summed E-state index contributed by atoms with van der Waals surface area (Å²) in [5.74, 6) is 0.621. The monoisotopic (exact) mass is 1000 g/mol. The Morgan fingerprint density at radius 3 is 1.30 bits per heavy atom. The van der Waals surface area contributed by atoms with E-state index in [1.54, 1.807) is 0 Å². The van der Waals surface area contributed by atoms with Gasteiger partial charge in [0.15, 0.2) is 0 Å². The predicted octanol–water partition coefficient (Wildman–Crippen LogP) is 20.3. The van der Waals surface area contributed by atoms with Crippen molar-refractivity contribution in [2.75, 3.05) is 0 Å². The zero-order valence-corrected chi connectivity index (χ0v) is 43.3. The Balaban J connectivity index is 0.891. The van der Waals surface area contributed by atoms with E-state index in [2.05, 4.69) is 277 Å². The minimum absolute atomic E-state index is 0.621. The highest BCUT2D eigenvalue weighted by atomic mass is 15.2. The molecular formula is C75H48N4. The van der Waals surface area contributed by atoms with Crippen LogP contribution in [0.1, 0.15) is 18.1 Å². The summed E-state index contributed by atoms with van der Waals surface area (Å²) in [7, 11) is 0. The summed E-state index contributed by atoms with van der Waals surface area (Å²) in [6.07, 6.45) is 6.33. The lowest BCUT2D eigenvalue weighted by atomic mass is 9.91. The first kappa shape index (κ1) is 44.8. The van der Waals surface area contributed by atoms with Gasteiger partial charge in [-0.15, -0.1) is 0 Å². The first-order valence-electron chi connectivity index (χ1n) is 27.1. The van der Waals surface area contributed by atoms with Gasteiger partial charge >= 0.3 is 0 Å². The summed E-state index contributed by atoms with van der Waals surface area (Å²) >= 11 is 0. The number of para-hydroxylation sites is 2. The summed E-state index contributed by atoms with van der Waals surface area (Å²) in [5.41, 5.74) is 14.1. The molecule has 13 aromatic carbocycles. The van der Waals surface area contributed by atoms with Gasteiger partial charge in [-0.05, 0) is 161 Å². The first-order chi connectivity index (χ1) is 39.1. The Hall–Kier alpha value is -10.4. The second-order valence-electron chi connectivity index (χ2n) is 20.8. The third kappa shape index (κ3) is 6.81. The van der Waals surface area contributed by atoms with Crippen molar-refractivity contribution in [3.05, 3.63) is 266 Å². The molecule has 0 saturated heterocycles. The lowest BCUT2D eigenvalue weighted by Crippen LogP contribution is -2.04. The van der Waals surface area contributed by atoms with E-state index >= 15 is 0 Å². The Bertz CT molecular complexity index is 5160. The van der Waals surface area contributed by atoms with E-state index in [1.165, 1.54) is 75.7 Å². The van der Waals surface area contributed by atoms with Gasteiger partial charge in [0.05, 0.1) is 33.5 Å². The molecule has 3 aromatic heterocycles. The molecule has 0 N–H and O–H groups in total. The zero-order valence-electron chi connectivity index (χ0n) is 43.3. The average Bonchev–Trinajstić information content (AvgIpc) is 4.28. The van der Waals surface area contributed by atoms with Crippen LogP contribution in [-0.2, 0) is 0 Å². The highest BCUT2D eigenvalue weighted by Gasteiger charge is 2.22. The fraction of sp³-hybridized carbons (Fsp3) is 0.0133. The fourth-order valence-electron chi connectivity index (χ4n) is 13.1. The van der Waals surface area contributed by atoms with Crippen LogP contribution < -0.4 is 0 Å². The molecule has 0 aliphatic rings. The van der Waals surface area contributed by atoms with Gasteiger partial charge in [0.2, 0.25) is 5.95 Å². The smallest absolute Gasteiger partial charge is 0.235 e. The lowest BCUT2D eigenvalue weighted by molar-refractivity contribution is 0.997. The molecule has 4 nitrogen and oxygen atoms in total. The number of aromatic nitrogens is 4. The molecule has 16 rings (SSSR count). The van der Waals surface area contributed by atoms with Gasteiger partial charge in [0, 0.05) is 38.4 Å². The molecule has 0 unspecified atom stereocenters. The maximum absolute atomic E-state index is 5.64.